The number of halogens is 1. The lowest BCUT2D eigenvalue weighted by Crippen LogP contribution is -2.50. The van der Waals surface area contributed by atoms with Gasteiger partial charge in [0.05, 0.1) is 17.9 Å². The summed E-state index contributed by atoms with van der Waals surface area (Å²) in [5.41, 5.74) is 6.07. The average molecular weight is 305 g/mol. The minimum atomic E-state index is -2.08. The normalized spacial score (nSPS) is 18.7. The molecule has 0 radical (unpaired) electrons. The highest BCUT2D eigenvalue weighted by Gasteiger charge is 2.48. The van der Waals surface area contributed by atoms with Crippen molar-refractivity contribution in [3.63, 3.8) is 0 Å². The second-order valence-corrected chi connectivity index (χ2v) is 4.89. The van der Waals surface area contributed by atoms with Crippen molar-refractivity contribution in [3.05, 3.63) is 48.0 Å². The van der Waals surface area contributed by atoms with Crippen LogP contribution in [0.25, 0.3) is 11.0 Å². The molecule has 0 aliphatic carbocycles. The van der Waals surface area contributed by atoms with Crippen LogP contribution in [0, 0.1) is 5.82 Å². The van der Waals surface area contributed by atoms with E-state index >= 15 is 0 Å². The maximum Gasteiger partial charge on any atom is 0.334 e. The van der Waals surface area contributed by atoms with Gasteiger partial charge in [-0.25, -0.2) is 14.0 Å². The fourth-order valence-corrected chi connectivity index (χ4v) is 2.41. The minimum absolute atomic E-state index is 0.154. The Hall–Kier alpha value is -2.67. The molecule has 2 N–H and O–H groups in total. The minimum Gasteiger partial charge on any atom is -0.464 e. The van der Waals surface area contributed by atoms with Crippen LogP contribution in [0.3, 0.4) is 0 Å². The molecule has 0 saturated heterocycles. The second-order valence-electron chi connectivity index (χ2n) is 4.89. The number of esters is 2. The Morgan fingerprint density at radius 1 is 1.14 bits per heavy atom. The molecule has 22 heavy (non-hydrogen) atoms. The Morgan fingerprint density at radius 2 is 1.77 bits per heavy atom. The monoisotopic (exact) mass is 305 g/mol. The molecular formula is C15H12FNO5. The van der Waals surface area contributed by atoms with Gasteiger partial charge >= 0.3 is 17.7 Å². The van der Waals surface area contributed by atoms with Crippen LogP contribution in [0.15, 0.2) is 41.0 Å². The van der Waals surface area contributed by atoms with Crippen molar-refractivity contribution in [1.82, 2.24) is 0 Å². The van der Waals surface area contributed by atoms with Gasteiger partial charge in [0.25, 0.3) is 0 Å². The van der Waals surface area contributed by atoms with E-state index in [9.17, 15) is 14.0 Å². The Kier molecular flexibility index (Phi) is 3.22. The highest BCUT2D eigenvalue weighted by Crippen LogP contribution is 2.39. The topological polar surface area (TPSA) is 91.8 Å². The summed E-state index contributed by atoms with van der Waals surface area (Å²) >= 11 is 0. The molecule has 0 bridgehead atoms. The molecule has 1 atom stereocenters. The predicted molar refractivity (Wildman–Crippen MR) is 72.8 cm³/mol. The third-order valence-electron chi connectivity index (χ3n) is 3.39. The summed E-state index contributed by atoms with van der Waals surface area (Å²) in [4.78, 5) is 23.5. The van der Waals surface area contributed by atoms with E-state index in [1.807, 2.05) is 0 Å². The highest BCUT2D eigenvalue weighted by molar-refractivity contribution is 5.94. The van der Waals surface area contributed by atoms with Crippen molar-refractivity contribution in [2.45, 2.75) is 18.8 Å². The summed E-state index contributed by atoms with van der Waals surface area (Å²) < 4.78 is 30.1. The highest BCUT2D eigenvalue weighted by atomic mass is 19.1. The molecule has 7 heteroatoms. The average Bonchev–Trinajstić information content (AvgIpc) is 2.86. The van der Waals surface area contributed by atoms with Gasteiger partial charge in [0, 0.05) is 17.5 Å². The van der Waals surface area contributed by atoms with Crippen LogP contribution in [0.1, 0.15) is 12.5 Å². The number of nitrogens with two attached hydrogens (primary N) is 1. The van der Waals surface area contributed by atoms with Gasteiger partial charge in [-0.3, -0.25) is 0 Å². The zero-order valence-corrected chi connectivity index (χ0v) is 11.5. The lowest BCUT2D eigenvalue weighted by molar-refractivity contribution is -0.233. The van der Waals surface area contributed by atoms with E-state index in [-0.39, 0.29) is 5.56 Å². The van der Waals surface area contributed by atoms with Gasteiger partial charge in [0.15, 0.2) is 0 Å². The number of cyclic esters (lactones) is 2. The first-order valence-electron chi connectivity index (χ1n) is 6.50. The number of ether oxygens (including phenoxy) is 2. The number of furan rings is 1. The summed E-state index contributed by atoms with van der Waals surface area (Å²) in [6.07, 6.45) is 3.15. The molecule has 1 aromatic carbocycles. The van der Waals surface area contributed by atoms with Crippen LogP contribution in [-0.2, 0) is 24.8 Å². The number of hydrogen-bond donors (Lipinski definition) is 1. The third kappa shape index (κ3) is 2.06. The van der Waals surface area contributed by atoms with Gasteiger partial charge < -0.3 is 19.6 Å². The quantitative estimate of drug-likeness (QED) is 0.850. The Bertz CT molecular complexity index is 772. The van der Waals surface area contributed by atoms with Crippen molar-refractivity contribution < 1.29 is 27.9 Å². The van der Waals surface area contributed by atoms with Gasteiger partial charge in [-0.05, 0) is 25.1 Å². The number of carbonyl (C=O) groups is 2. The van der Waals surface area contributed by atoms with E-state index in [0.717, 1.165) is 18.2 Å². The summed E-state index contributed by atoms with van der Waals surface area (Å²) in [6, 6.07) is 3.01. The maximum absolute atomic E-state index is 14.5. The summed E-state index contributed by atoms with van der Waals surface area (Å²) in [6.45, 7) is 1.45. The number of rotatable bonds is 2. The third-order valence-corrected chi connectivity index (χ3v) is 3.39. The first-order valence-corrected chi connectivity index (χ1v) is 6.50. The van der Waals surface area contributed by atoms with Crippen molar-refractivity contribution in [2.24, 2.45) is 5.73 Å². The molecule has 1 aliphatic rings. The van der Waals surface area contributed by atoms with Gasteiger partial charge in [-0.2, -0.15) is 0 Å². The van der Waals surface area contributed by atoms with Crippen molar-refractivity contribution >= 4 is 22.9 Å². The van der Waals surface area contributed by atoms with E-state index in [4.69, 9.17) is 19.6 Å². The molecule has 2 aromatic rings. The molecule has 3 rings (SSSR count). The molecule has 114 valence electrons. The molecule has 6 nitrogen and oxygen atoms in total. The van der Waals surface area contributed by atoms with Crippen LogP contribution in [0.5, 0.6) is 0 Å². The smallest absolute Gasteiger partial charge is 0.334 e. The predicted octanol–water partition coefficient (Wildman–Crippen LogP) is 1.73. The molecule has 1 unspecified atom stereocenters. The molecule has 0 spiro atoms. The largest absolute Gasteiger partial charge is 0.464 e. The first kappa shape index (κ1) is 14.3. The van der Waals surface area contributed by atoms with Crippen LogP contribution < -0.4 is 5.73 Å². The van der Waals surface area contributed by atoms with Gasteiger partial charge in [-0.15, -0.1) is 0 Å². The number of hydrogen-bond acceptors (Lipinski definition) is 6. The molecule has 1 aliphatic heterocycles. The fourth-order valence-electron chi connectivity index (χ4n) is 2.41. The summed E-state index contributed by atoms with van der Waals surface area (Å²) in [7, 11) is 0. The zero-order valence-electron chi connectivity index (χ0n) is 11.5. The number of benzene rings is 1. The van der Waals surface area contributed by atoms with Gasteiger partial charge in [0.1, 0.15) is 11.4 Å². The molecular weight excluding hydrogens is 293 g/mol. The zero-order chi connectivity index (χ0) is 15.9. The van der Waals surface area contributed by atoms with Crippen LogP contribution >= 0.6 is 0 Å². The van der Waals surface area contributed by atoms with E-state index in [1.54, 1.807) is 0 Å². The fraction of sp³-hybridized carbons (Fsp3) is 0.200. The molecule has 2 heterocycles. The standard InChI is InChI=1S/C15H12FNO5/c1-8(17)15(21-12(18)4-5-13(19)22-15)14-9-6-7-20-11(9)3-2-10(14)16/h2-8H,17H2,1H3. The number of carbonyl (C=O) groups excluding carboxylic acids is 2. The Morgan fingerprint density at radius 3 is 2.36 bits per heavy atom. The summed E-state index contributed by atoms with van der Waals surface area (Å²) in [5.74, 6) is -4.52. The second kappa shape index (κ2) is 4.96. The van der Waals surface area contributed by atoms with Crippen LogP contribution in [0.2, 0.25) is 0 Å². The van der Waals surface area contributed by atoms with Crippen molar-refractivity contribution in [2.75, 3.05) is 0 Å². The Balaban J connectivity index is 2.31. The number of fused-ring (bicyclic) bond motifs is 1. The molecule has 0 saturated carbocycles. The van der Waals surface area contributed by atoms with Crippen LogP contribution in [0.4, 0.5) is 4.39 Å². The molecule has 0 fully saturated rings. The van der Waals surface area contributed by atoms with E-state index in [1.165, 1.54) is 25.3 Å². The first-order chi connectivity index (χ1) is 10.4. The summed E-state index contributed by atoms with van der Waals surface area (Å²) in [5, 5.41) is 0.305. The molecule has 0 amide bonds. The van der Waals surface area contributed by atoms with Crippen molar-refractivity contribution in [3.8, 4) is 0 Å². The molecule has 1 aromatic heterocycles. The Labute approximate surface area is 124 Å². The van der Waals surface area contributed by atoms with Gasteiger partial charge in [0.2, 0.25) is 0 Å². The van der Waals surface area contributed by atoms with E-state index < -0.39 is 29.6 Å². The maximum atomic E-state index is 14.5. The van der Waals surface area contributed by atoms with E-state index in [0.29, 0.717) is 11.0 Å². The SMILES string of the molecule is CC(N)C1(c2c(F)ccc3occc23)OC(=O)C=CC(=O)O1. The lowest BCUT2D eigenvalue weighted by Gasteiger charge is -2.35. The van der Waals surface area contributed by atoms with Crippen molar-refractivity contribution in [1.29, 1.82) is 0 Å². The van der Waals surface area contributed by atoms with E-state index in [2.05, 4.69) is 0 Å². The lowest BCUT2D eigenvalue weighted by atomic mass is 9.95. The van der Waals surface area contributed by atoms with Gasteiger partial charge in [-0.1, -0.05) is 0 Å². The van der Waals surface area contributed by atoms with Crippen LogP contribution in [-0.4, -0.2) is 18.0 Å².